The highest BCUT2D eigenvalue weighted by Gasteiger charge is 2.34. The Hall–Kier alpha value is -1.56. The van der Waals surface area contributed by atoms with E-state index in [1.54, 1.807) is 20.8 Å². The molecule has 2 N–H and O–H groups in total. The van der Waals surface area contributed by atoms with Gasteiger partial charge in [-0.2, -0.15) is 0 Å². The second kappa shape index (κ2) is 4.13. The summed E-state index contributed by atoms with van der Waals surface area (Å²) in [4.78, 5) is 23.3. The van der Waals surface area contributed by atoms with Crippen molar-refractivity contribution in [2.45, 2.75) is 32.5 Å². The first-order chi connectivity index (χ1) is 7.20. The van der Waals surface area contributed by atoms with Crippen LogP contribution < -0.4 is 0 Å². The van der Waals surface area contributed by atoms with Crippen LogP contribution in [0.2, 0.25) is 0 Å². The monoisotopic (exact) mass is 229 g/mol. The van der Waals surface area contributed by atoms with E-state index in [0.29, 0.717) is 0 Å². The van der Waals surface area contributed by atoms with Gasteiger partial charge in [0.25, 0.3) is 0 Å². The molecule has 6 heteroatoms. The van der Waals surface area contributed by atoms with Crippen molar-refractivity contribution in [2.24, 2.45) is 0 Å². The van der Waals surface area contributed by atoms with Crippen molar-refractivity contribution in [3.8, 4) is 0 Å². The number of rotatable bonds is 1. The maximum atomic E-state index is 11.6. The lowest BCUT2D eigenvalue weighted by Crippen LogP contribution is -2.37. The lowest BCUT2D eigenvalue weighted by Gasteiger charge is -2.25. The van der Waals surface area contributed by atoms with Crippen LogP contribution in [-0.4, -0.2) is 45.4 Å². The second-order valence-corrected chi connectivity index (χ2v) is 4.52. The van der Waals surface area contributed by atoms with Gasteiger partial charge >= 0.3 is 12.1 Å². The third kappa shape index (κ3) is 2.96. The molecule has 1 rings (SSSR count). The highest BCUT2D eigenvalue weighted by Crippen LogP contribution is 2.19. The van der Waals surface area contributed by atoms with Crippen LogP contribution in [0.25, 0.3) is 0 Å². The number of amides is 1. The van der Waals surface area contributed by atoms with Gasteiger partial charge in [0.2, 0.25) is 0 Å². The van der Waals surface area contributed by atoms with E-state index in [2.05, 4.69) is 0 Å². The number of aliphatic hydroxyl groups excluding tert-OH is 1. The molecular weight excluding hydrogens is 214 g/mol. The summed E-state index contributed by atoms with van der Waals surface area (Å²) in [5.41, 5.74) is -0.949. The first-order valence-corrected chi connectivity index (χ1v) is 4.84. The smallest absolute Gasteiger partial charge is 0.415 e. The van der Waals surface area contributed by atoms with Crippen molar-refractivity contribution < 1.29 is 24.5 Å². The number of carboxylic acid groups (broad SMARTS) is 1. The molecule has 90 valence electrons. The van der Waals surface area contributed by atoms with Crippen LogP contribution in [0.3, 0.4) is 0 Å². The van der Waals surface area contributed by atoms with Crippen molar-refractivity contribution in [1.29, 1.82) is 0 Å². The van der Waals surface area contributed by atoms with Crippen LogP contribution in [0, 0.1) is 0 Å². The van der Waals surface area contributed by atoms with Gasteiger partial charge in [0, 0.05) is 0 Å². The molecule has 1 aliphatic heterocycles. The topological polar surface area (TPSA) is 87.1 Å². The number of nitrogens with zero attached hydrogens (tertiary/aromatic N) is 1. The van der Waals surface area contributed by atoms with E-state index in [4.69, 9.17) is 9.84 Å². The summed E-state index contributed by atoms with van der Waals surface area (Å²) >= 11 is 0. The second-order valence-electron chi connectivity index (χ2n) is 4.52. The molecule has 0 unspecified atom stereocenters. The molecule has 6 nitrogen and oxygen atoms in total. The Balaban J connectivity index is 2.78. The molecule has 0 radical (unpaired) electrons. The maximum absolute atomic E-state index is 11.6. The van der Waals surface area contributed by atoms with E-state index < -0.39 is 23.8 Å². The fourth-order valence-electron chi connectivity index (χ4n) is 1.29. The number of β-amino-alcohol motifs (C(OH)–C–C–N with tert-alkyl or cyclic N) is 1. The summed E-state index contributed by atoms with van der Waals surface area (Å²) in [5, 5.41) is 18.1. The standard InChI is InChI=1S/C10H15NO5/c1-10(2,3)16-9(15)11-5-6(12)4-7(11)8(13)14/h4,6,12H,5H2,1-3H3,(H,13,14)/t6-/m1/s1. The highest BCUT2D eigenvalue weighted by atomic mass is 16.6. The van der Waals surface area contributed by atoms with Crippen molar-refractivity contribution in [3.63, 3.8) is 0 Å². The highest BCUT2D eigenvalue weighted by molar-refractivity contribution is 5.91. The minimum Gasteiger partial charge on any atom is -0.477 e. The first-order valence-electron chi connectivity index (χ1n) is 4.84. The van der Waals surface area contributed by atoms with Crippen LogP contribution in [0.1, 0.15) is 20.8 Å². The van der Waals surface area contributed by atoms with Crippen LogP contribution in [0.4, 0.5) is 4.79 Å². The Bertz CT molecular complexity index is 342. The lowest BCUT2D eigenvalue weighted by atomic mass is 10.2. The maximum Gasteiger partial charge on any atom is 0.415 e. The normalized spacial score (nSPS) is 20.6. The van der Waals surface area contributed by atoms with Crippen LogP contribution >= 0.6 is 0 Å². The van der Waals surface area contributed by atoms with Crippen molar-refractivity contribution in [3.05, 3.63) is 11.8 Å². The van der Waals surface area contributed by atoms with E-state index in [0.717, 1.165) is 11.0 Å². The minimum absolute atomic E-state index is 0.0868. The molecule has 1 atom stereocenters. The Morgan fingerprint density at radius 1 is 1.50 bits per heavy atom. The van der Waals surface area contributed by atoms with E-state index >= 15 is 0 Å². The average molecular weight is 229 g/mol. The number of carbonyl (C=O) groups is 2. The molecule has 0 aliphatic carbocycles. The van der Waals surface area contributed by atoms with Crippen LogP contribution in [0.5, 0.6) is 0 Å². The molecule has 0 aromatic carbocycles. The van der Waals surface area contributed by atoms with Gasteiger partial charge < -0.3 is 14.9 Å². The zero-order valence-electron chi connectivity index (χ0n) is 9.43. The van der Waals surface area contributed by atoms with Gasteiger partial charge in [-0.05, 0) is 26.8 Å². The summed E-state index contributed by atoms with van der Waals surface area (Å²) in [6, 6.07) is 0. The van der Waals surface area contributed by atoms with E-state index in [-0.39, 0.29) is 12.2 Å². The third-order valence-electron chi connectivity index (χ3n) is 1.84. The molecule has 0 spiro atoms. The van der Waals surface area contributed by atoms with Gasteiger partial charge in [-0.3, -0.25) is 4.90 Å². The van der Waals surface area contributed by atoms with E-state index in [1.165, 1.54) is 0 Å². The summed E-state index contributed by atoms with van der Waals surface area (Å²) < 4.78 is 5.02. The van der Waals surface area contributed by atoms with Crippen molar-refractivity contribution in [1.82, 2.24) is 4.90 Å². The molecule has 0 aromatic heterocycles. The first kappa shape index (κ1) is 12.5. The SMILES string of the molecule is CC(C)(C)OC(=O)N1C[C@H](O)C=C1C(=O)O. The van der Waals surface area contributed by atoms with E-state index in [9.17, 15) is 14.7 Å². The summed E-state index contributed by atoms with van der Waals surface area (Å²) in [7, 11) is 0. The van der Waals surface area contributed by atoms with E-state index in [1.807, 2.05) is 0 Å². The number of ether oxygens (including phenoxy) is 1. The largest absolute Gasteiger partial charge is 0.477 e. The Kier molecular flexibility index (Phi) is 3.23. The molecule has 0 saturated heterocycles. The Labute approximate surface area is 93.1 Å². The number of carbonyl (C=O) groups excluding carboxylic acids is 1. The van der Waals surface area contributed by atoms with Gasteiger partial charge in [-0.1, -0.05) is 0 Å². The Morgan fingerprint density at radius 2 is 2.06 bits per heavy atom. The quantitative estimate of drug-likeness (QED) is 0.686. The molecule has 0 bridgehead atoms. The summed E-state index contributed by atoms with van der Waals surface area (Å²) in [5.74, 6) is -1.26. The number of hydrogen-bond acceptors (Lipinski definition) is 4. The predicted octanol–water partition coefficient (Wildman–Crippen LogP) is 0.567. The number of carboxylic acids is 1. The fourth-order valence-corrected chi connectivity index (χ4v) is 1.29. The van der Waals surface area contributed by atoms with Crippen molar-refractivity contribution >= 4 is 12.1 Å². The number of aliphatic hydroxyl groups is 1. The number of aliphatic carboxylic acids is 1. The molecule has 0 saturated carbocycles. The van der Waals surface area contributed by atoms with Gasteiger partial charge in [0.05, 0.1) is 12.6 Å². The summed E-state index contributed by atoms with van der Waals surface area (Å²) in [6.45, 7) is 4.96. The fraction of sp³-hybridized carbons (Fsp3) is 0.600. The third-order valence-corrected chi connectivity index (χ3v) is 1.84. The van der Waals surface area contributed by atoms with Crippen LogP contribution in [-0.2, 0) is 9.53 Å². The van der Waals surface area contributed by atoms with Gasteiger partial charge in [0.15, 0.2) is 0 Å². The summed E-state index contributed by atoms with van der Waals surface area (Å²) in [6.07, 6.45) is -0.608. The zero-order valence-corrected chi connectivity index (χ0v) is 9.43. The van der Waals surface area contributed by atoms with Gasteiger partial charge in [0.1, 0.15) is 11.3 Å². The average Bonchev–Trinajstić information content (AvgIpc) is 2.44. The van der Waals surface area contributed by atoms with Crippen molar-refractivity contribution in [2.75, 3.05) is 6.54 Å². The van der Waals surface area contributed by atoms with Gasteiger partial charge in [-0.15, -0.1) is 0 Å². The Morgan fingerprint density at radius 3 is 2.50 bits per heavy atom. The molecular formula is C10H15NO5. The zero-order chi connectivity index (χ0) is 12.5. The number of hydrogen-bond donors (Lipinski definition) is 2. The molecule has 0 fully saturated rings. The minimum atomic E-state index is -1.26. The van der Waals surface area contributed by atoms with Crippen LogP contribution in [0.15, 0.2) is 11.8 Å². The predicted molar refractivity (Wildman–Crippen MR) is 54.7 cm³/mol. The van der Waals surface area contributed by atoms with Gasteiger partial charge in [-0.25, -0.2) is 9.59 Å². The molecule has 1 heterocycles. The molecule has 0 aromatic rings. The molecule has 16 heavy (non-hydrogen) atoms. The molecule has 1 aliphatic rings. The lowest BCUT2D eigenvalue weighted by molar-refractivity contribution is -0.134. The molecule has 1 amide bonds.